The third kappa shape index (κ3) is 2.86. The van der Waals surface area contributed by atoms with Crippen molar-refractivity contribution in [3.8, 4) is 0 Å². The molecule has 0 spiro atoms. The van der Waals surface area contributed by atoms with Crippen LogP contribution in [-0.2, 0) is 5.54 Å². The minimum atomic E-state index is -1.04. The monoisotopic (exact) mass is 290 g/mol. The molecule has 0 atom stereocenters. The number of nitrogens with zero attached hydrogens (tertiary/aromatic N) is 1. The third-order valence-electron chi connectivity index (χ3n) is 3.52. The fraction of sp³-hybridized carbons (Fsp3) is 0.500. The van der Waals surface area contributed by atoms with Gasteiger partial charge < -0.3 is 10.1 Å². The lowest BCUT2D eigenvalue weighted by atomic mass is 9.81. The SMILES string of the molecule is CC(C)(C)CC(C)(C)n1c(=O)[nH]c2c(C(=O)O)cccc21. The lowest BCUT2D eigenvalue weighted by Gasteiger charge is -2.33. The Morgan fingerprint density at radius 3 is 2.38 bits per heavy atom. The van der Waals surface area contributed by atoms with Crippen molar-refractivity contribution in [2.75, 3.05) is 0 Å². The van der Waals surface area contributed by atoms with Crippen molar-refractivity contribution in [1.29, 1.82) is 0 Å². The van der Waals surface area contributed by atoms with E-state index in [2.05, 4.69) is 25.8 Å². The number of carboxylic acids is 1. The second kappa shape index (κ2) is 4.76. The number of imidazole rings is 1. The molecule has 2 N–H and O–H groups in total. The molecule has 5 heteroatoms. The molecule has 0 aliphatic rings. The zero-order chi connectivity index (χ0) is 16.0. The van der Waals surface area contributed by atoms with Crippen LogP contribution in [0.3, 0.4) is 0 Å². The average Bonchev–Trinajstić information content (AvgIpc) is 2.61. The van der Waals surface area contributed by atoms with Gasteiger partial charge in [0.05, 0.1) is 16.6 Å². The van der Waals surface area contributed by atoms with Crippen molar-refractivity contribution in [2.45, 2.75) is 46.6 Å². The van der Waals surface area contributed by atoms with Gasteiger partial charge in [-0.3, -0.25) is 4.57 Å². The summed E-state index contributed by atoms with van der Waals surface area (Å²) >= 11 is 0. The second-order valence-corrected chi connectivity index (χ2v) is 7.32. The van der Waals surface area contributed by atoms with Crippen molar-refractivity contribution >= 4 is 17.0 Å². The van der Waals surface area contributed by atoms with E-state index in [-0.39, 0.29) is 16.7 Å². The highest BCUT2D eigenvalue weighted by atomic mass is 16.4. The molecule has 1 aromatic heterocycles. The molecule has 0 bridgehead atoms. The number of nitrogens with one attached hydrogen (secondary N) is 1. The molecule has 2 rings (SSSR count). The average molecular weight is 290 g/mol. The van der Waals surface area contributed by atoms with Gasteiger partial charge in [-0.15, -0.1) is 0 Å². The van der Waals surface area contributed by atoms with Gasteiger partial charge in [-0.2, -0.15) is 0 Å². The highest BCUT2D eigenvalue weighted by molar-refractivity contribution is 6.00. The third-order valence-corrected chi connectivity index (χ3v) is 3.52. The molecular formula is C16H22N2O3. The molecule has 0 radical (unpaired) electrons. The number of carboxylic acid groups (broad SMARTS) is 1. The Morgan fingerprint density at radius 1 is 1.24 bits per heavy atom. The van der Waals surface area contributed by atoms with Crippen LogP contribution >= 0.6 is 0 Å². The highest BCUT2D eigenvalue weighted by Gasteiger charge is 2.30. The molecule has 0 unspecified atom stereocenters. The molecule has 0 aliphatic heterocycles. The van der Waals surface area contributed by atoms with Crippen molar-refractivity contribution in [2.24, 2.45) is 5.41 Å². The standard InChI is InChI=1S/C16H22N2O3/c1-15(2,3)9-16(4,5)18-11-8-6-7-10(13(19)20)12(11)17-14(18)21/h6-8H,9H2,1-5H3,(H,17,21)(H,19,20). The van der Waals surface area contributed by atoms with Crippen LogP contribution in [0.1, 0.15) is 51.4 Å². The molecule has 0 saturated carbocycles. The topological polar surface area (TPSA) is 75.1 Å². The number of hydrogen-bond donors (Lipinski definition) is 2. The van der Waals surface area contributed by atoms with Gasteiger partial charge in [-0.05, 0) is 37.8 Å². The molecule has 1 heterocycles. The fourth-order valence-corrected chi connectivity index (χ4v) is 3.29. The van der Waals surface area contributed by atoms with E-state index >= 15 is 0 Å². The summed E-state index contributed by atoms with van der Waals surface area (Å²) in [6.45, 7) is 10.4. The number of fused-ring (bicyclic) bond motifs is 1. The number of aromatic carboxylic acids is 1. The summed E-state index contributed by atoms with van der Waals surface area (Å²) in [5.74, 6) is -1.04. The van der Waals surface area contributed by atoms with Crippen LogP contribution in [0.4, 0.5) is 0 Å². The van der Waals surface area contributed by atoms with Crippen LogP contribution in [0.5, 0.6) is 0 Å². The lowest BCUT2D eigenvalue weighted by molar-refractivity contribution is 0.0699. The van der Waals surface area contributed by atoms with Crippen LogP contribution in [0.2, 0.25) is 0 Å². The first-order valence-electron chi connectivity index (χ1n) is 7.00. The van der Waals surface area contributed by atoms with Crippen LogP contribution in [0.15, 0.2) is 23.0 Å². The molecule has 0 amide bonds. The number of aromatic amines is 1. The maximum Gasteiger partial charge on any atom is 0.337 e. The maximum atomic E-state index is 12.4. The van der Waals surface area contributed by atoms with E-state index in [9.17, 15) is 14.7 Å². The maximum absolute atomic E-state index is 12.4. The minimum absolute atomic E-state index is 0.0525. The Hall–Kier alpha value is -2.04. The second-order valence-electron chi connectivity index (χ2n) is 7.32. The smallest absolute Gasteiger partial charge is 0.337 e. The van der Waals surface area contributed by atoms with Crippen molar-refractivity contribution in [1.82, 2.24) is 9.55 Å². The van der Waals surface area contributed by atoms with E-state index in [4.69, 9.17) is 0 Å². The number of hydrogen-bond acceptors (Lipinski definition) is 2. The number of benzene rings is 1. The Labute approximate surface area is 123 Å². The lowest BCUT2D eigenvalue weighted by Crippen LogP contribution is -2.37. The molecule has 0 fully saturated rings. The molecule has 0 saturated heterocycles. The van der Waals surface area contributed by atoms with E-state index in [1.165, 1.54) is 6.07 Å². The predicted molar refractivity (Wildman–Crippen MR) is 82.9 cm³/mol. The van der Waals surface area contributed by atoms with Crippen LogP contribution in [-0.4, -0.2) is 20.6 Å². The number of rotatable bonds is 3. The van der Waals surface area contributed by atoms with Gasteiger partial charge in [0.25, 0.3) is 0 Å². The van der Waals surface area contributed by atoms with Gasteiger partial charge >= 0.3 is 11.7 Å². The van der Waals surface area contributed by atoms with Gasteiger partial charge in [0.1, 0.15) is 0 Å². The molecule has 1 aromatic carbocycles. The summed E-state index contributed by atoms with van der Waals surface area (Å²) in [4.78, 5) is 26.3. The van der Waals surface area contributed by atoms with Gasteiger partial charge in [0.15, 0.2) is 0 Å². The number of carbonyl (C=O) groups is 1. The first kappa shape index (κ1) is 15.4. The van der Waals surface area contributed by atoms with E-state index in [0.29, 0.717) is 11.0 Å². The van der Waals surface area contributed by atoms with E-state index in [1.807, 2.05) is 13.8 Å². The van der Waals surface area contributed by atoms with Crippen molar-refractivity contribution in [3.05, 3.63) is 34.2 Å². The van der Waals surface area contributed by atoms with Crippen LogP contribution in [0, 0.1) is 5.41 Å². The van der Waals surface area contributed by atoms with E-state index in [0.717, 1.165) is 6.42 Å². The van der Waals surface area contributed by atoms with Gasteiger partial charge in [0, 0.05) is 5.54 Å². The normalized spacial score (nSPS) is 12.8. The van der Waals surface area contributed by atoms with Crippen LogP contribution in [0.25, 0.3) is 11.0 Å². The molecule has 21 heavy (non-hydrogen) atoms. The first-order valence-corrected chi connectivity index (χ1v) is 7.00. The first-order chi connectivity index (χ1) is 9.53. The fourth-order valence-electron chi connectivity index (χ4n) is 3.29. The molecule has 5 nitrogen and oxygen atoms in total. The summed E-state index contributed by atoms with van der Waals surface area (Å²) in [6.07, 6.45) is 0.796. The Bertz CT molecular complexity index is 745. The van der Waals surface area contributed by atoms with Gasteiger partial charge in [-0.25, -0.2) is 9.59 Å². The Kier molecular flexibility index (Phi) is 3.48. The molecule has 0 aliphatic carbocycles. The van der Waals surface area contributed by atoms with Crippen molar-refractivity contribution in [3.63, 3.8) is 0 Å². The summed E-state index contributed by atoms with van der Waals surface area (Å²) in [7, 11) is 0. The predicted octanol–water partition coefficient (Wildman–Crippen LogP) is 3.20. The number of aromatic nitrogens is 2. The summed E-state index contributed by atoms with van der Waals surface area (Å²) in [5, 5.41) is 9.24. The van der Waals surface area contributed by atoms with Crippen LogP contribution < -0.4 is 5.69 Å². The van der Waals surface area contributed by atoms with Crippen molar-refractivity contribution < 1.29 is 9.90 Å². The van der Waals surface area contributed by atoms with Gasteiger partial charge in [-0.1, -0.05) is 26.8 Å². The van der Waals surface area contributed by atoms with E-state index < -0.39 is 11.5 Å². The molecule has 114 valence electrons. The van der Waals surface area contributed by atoms with Gasteiger partial charge in [0.2, 0.25) is 0 Å². The van der Waals surface area contributed by atoms with E-state index in [1.54, 1.807) is 16.7 Å². The summed E-state index contributed by atoms with van der Waals surface area (Å²) in [5.41, 5.74) is 0.510. The number of H-pyrrole nitrogens is 1. The summed E-state index contributed by atoms with van der Waals surface area (Å²) < 4.78 is 1.67. The zero-order valence-electron chi connectivity index (χ0n) is 13.2. The highest BCUT2D eigenvalue weighted by Crippen LogP contribution is 2.33. The number of para-hydroxylation sites is 1. The Balaban J connectivity index is 2.71. The molecular weight excluding hydrogens is 268 g/mol. The summed E-state index contributed by atoms with van der Waals surface area (Å²) in [6, 6.07) is 4.95. The Morgan fingerprint density at radius 2 is 1.86 bits per heavy atom. The zero-order valence-corrected chi connectivity index (χ0v) is 13.2. The largest absolute Gasteiger partial charge is 0.478 e. The quantitative estimate of drug-likeness (QED) is 0.911. The molecule has 2 aromatic rings. The minimum Gasteiger partial charge on any atom is -0.478 e.